The molecule has 2 N–H and O–H groups in total. The van der Waals surface area contributed by atoms with Crippen molar-refractivity contribution in [2.45, 2.75) is 38.1 Å². The Bertz CT molecular complexity index is 236. The van der Waals surface area contributed by atoms with Gasteiger partial charge in [0.15, 0.2) is 0 Å². The molecule has 0 bridgehead atoms. The molecule has 1 atom stereocenters. The summed E-state index contributed by atoms with van der Waals surface area (Å²) in [5.74, 6) is 0.870. The summed E-state index contributed by atoms with van der Waals surface area (Å²) in [6.45, 7) is 7.15. The number of nitrogens with zero attached hydrogens (tertiary/aromatic N) is 2. The predicted octanol–water partition coefficient (Wildman–Crippen LogP) is 1.01. The molecule has 1 fully saturated rings. The number of likely N-dealkylation sites (tertiary alicyclic amines) is 1. The maximum Gasteiger partial charge on any atom is 0.0610 e. The van der Waals surface area contributed by atoms with E-state index in [0.29, 0.717) is 0 Å². The molecule has 4 nitrogen and oxygen atoms in total. The minimum absolute atomic E-state index is 0.117. The number of hydrogen-bond acceptors (Lipinski definition) is 4. The molecular weight excluding hydrogens is 238 g/mol. The van der Waals surface area contributed by atoms with Crippen molar-refractivity contribution in [3.05, 3.63) is 0 Å². The van der Waals surface area contributed by atoms with Crippen molar-refractivity contribution in [3.63, 3.8) is 0 Å². The Morgan fingerprint density at radius 2 is 2.00 bits per heavy atom. The lowest BCUT2D eigenvalue weighted by Gasteiger charge is -2.32. The molecular formula is C15H33N3O. The number of aliphatic hydroxyl groups is 1. The summed E-state index contributed by atoms with van der Waals surface area (Å²) >= 11 is 0. The molecule has 0 spiro atoms. The van der Waals surface area contributed by atoms with Gasteiger partial charge >= 0.3 is 0 Å². The van der Waals surface area contributed by atoms with E-state index in [-0.39, 0.29) is 12.1 Å². The Balaban J connectivity index is 2.15. The molecule has 0 aromatic heterocycles. The molecule has 19 heavy (non-hydrogen) atoms. The second-order valence-electron chi connectivity index (χ2n) is 6.58. The van der Waals surface area contributed by atoms with Gasteiger partial charge in [0.1, 0.15) is 0 Å². The summed E-state index contributed by atoms with van der Waals surface area (Å²) in [7, 11) is 6.37. The Kier molecular flexibility index (Phi) is 7.29. The summed E-state index contributed by atoms with van der Waals surface area (Å²) in [6, 6.07) is 0. The third kappa shape index (κ3) is 6.21. The van der Waals surface area contributed by atoms with E-state index in [0.717, 1.165) is 25.3 Å². The van der Waals surface area contributed by atoms with E-state index in [1.807, 2.05) is 7.05 Å². The topological polar surface area (TPSA) is 38.7 Å². The van der Waals surface area contributed by atoms with Crippen molar-refractivity contribution < 1.29 is 5.11 Å². The minimum atomic E-state index is -0.117. The van der Waals surface area contributed by atoms with Gasteiger partial charge in [0.2, 0.25) is 0 Å². The summed E-state index contributed by atoms with van der Waals surface area (Å²) in [5.41, 5.74) is -0.117. The maximum atomic E-state index is 9.36. The van der Waals surface area contributed by atoms with Crippen LogP contribution in [-0.4, -0.2) is 74.4 Å². The Hall–Kier alpha value is -0.160. The Morgan fingerprint density at radius 1 is 1.37 bits per heavy atom. The van der Waals surface area contributed by atoms with Gasteiger partial charge in [-0.15, -0.1) is 0 Å². The first-order valence-electron chi connectivity index (χ1n) is 7.66. The van der Waals surface area contributed by atoms with Crippen LogP contribution in [0.2, 0.25) is 0 Å². The molecule has 0 radical (unpaired) electrons. The van der Waals surface area contributed by atoms with Crippen LogP contribution in [0.5, 0.6) is 0 Å². The third-order valence-corrected chi connectivity index (χ3v) is 4.63. The average Bonchev–Trinajstić information content (AvgIpc) is 2.41. The van der Waals surface area contributed by atoms with Gasteiger partial charge in [-0.1, -0.05) is 0 Å². The molecule has 1 aliphatic heterocycles. The number of rotatable bonds is 8. The van der Waals surface area contributed by atoms with E-state index < -0.39 is 0 Å². The molecule has 0 amide bonds. The van der Waals surface area contributed by atoms with E-state index >= 15 is 0 Å². The molecule has 1 unspecified atom stereocenters. The van der Waals surface area contributed by atoms with Gasteiger partial charge in [-0.05, 0) is 79.3 Å². The van der Waals surface area contributed by atoms with E-state index in [9.17, 15) is 5.11 Å². The average molecular weight is 271 g/mol. The summed E-state index contributed by atoms with van der Waals surface area (Å²) in [4.78, 5) is 4.89. The molecule has 0 aliphatic carbocycles. The maximum absolute atomic E-state index is 9.36. The highest BCUT2D eigenvalue weighted by Crippen LogP contribution is 2.17. The lowest BCUT2D eigenvalue weighted by atomic mass is 9.95. The molecule has 114 valence electrons. The van der Waals surface area contributed by atoms with Crippen molar-refractivity contribution in [2.24, 2.45) is 5.92 Å². The fourth-order valence-electron chi connectivity index (χ4n) is 2.80. The smallest absolute Gasteiger partial charge is 0.0610 e. The zero-order valence-corrected chi connectivity index (χ0v) is 13.3. The highest BCUT2D eigenvalue weighted by molar-refractivity contribution is 4.80. The SMILES string of the molecule is CNC(C)(CO)CCCN(C)CC1CCN(C)CC1. The van der Waals surface area contributed by atoms with E-state index in [1.165, 1.54) is 32.5 Å². The number of aliphatic hydroxyl groups excluding tert-OH is 1. The predicted molar refractivity (Wildman–Crippen MR) is 81.5 cm³/mol. The highest BCUT2D eigenvalue weighted by atomic mass is 16.3. The number of nitrogens with one attached hydrogen (secondary N) is 1. The van der Waals surface area contributed by atoms with Crippen LogP contribution >= 0.6 is 0 Å². The molecule has 1 rings (SSSR count). The van der Waals surface area contributed by atoms with Crippen molar-refractivity contribution in [1.29, 1.82) is 0 Å². The van der Waals surface area contributed by atoms with E-state index in [2.05, 4.69) is 36.1 Å². The zero-order valence-electron chi connectivity index (χ0n) is 13.3. The van der Waals surface area contributed by atoms with Crippen LogP contribution in [0.3, 0.4) is 0 Å². The van der Waals surface area contributed by atoms with Gasteiger partial charge < -0.3 is 20.2 Å². The van der Waals surface area contributed by atoms with Crippen LogP contribution in [0.1, 0.15) is 32.6 Å². The Morgan fingerprint density at radius 3 is 2.53 bits per heavy atom. The normalized spacial score (nSPS) is 21.8. The Labute approximate surface area is 119 Å². The first-order valence-corrected chi connectivity index (χ1v) is 7.66. The number of hydrogen-bond donors (Lipinski definition) is 2. The fraction of sp³-hybridized carbons (Fsp3) is 1.00. The first-order chi connectivity index (χ1) is 8.99. The van der Waals surface area contributed by atoms with Crippen molar-refractivity contribution in [1.82, 2.24) is 15.1 Å². The van der Waals surface area contributed by atoms with Gasteiger partial charge in [0, 0.05) is 12.1 Å². The monoisotopic (exact) mass is 271 g/mol. The molecule has 0 aromatic rings. The molecule has 0 saturated carbocycles. The minimum Gasteiger partial charge on any atom is -0.394 e. The van der Waals surface area contributed by atoms with Gasteiger partial charge in [-0.2, -0.15) is 0 Å². The summed E-state index contributed by atoms with van der Waals surface area (Å²) in [5, 5.41) is 12.6. The van der Waals surface area contributed by atoms with E-state index in [1.54, 1.807) is 0 Å². The summed E-state index contributed by atoms with van der Waals surface area (Å²) < 4.78 is 0. The van der Waals surface area contributed by atoms with Gasteiger partial charge in [0.25, 0.3) is 0 Å². The molecule has 1 heterocycles. The van der Waals surface area contributed by atoms with Crippen molar-refractivity contribution >= 4 is 0 Å². The number of likely N-dealkylation sites (N-methyl/N-ethyl adjacent to an activating group) is 1. The largest absolute Gasteiger partial charge is 0.394 e. The standard InChI is InChI=1S/C15H33N3O/c1-15(13-19,16-2)8-5-9-18(4)12-14-6-10-17(3)11-7-14/h14,16,19H,5-13H2,1-4H3. The fourth-order valence-corrected chi connectivity index (χ4v) is 2.80. The van der Waals surface area contributed by atoms with Crippen molar-refractivity contribution in [3.8, 4) is 0 Å². The molecule has 1 saturated heterocycles. The molecule has 0 aromatic carbocycles. The van der Waals surface area contributed by atoms with Gasteiger partial charge in [-0.3, -0.25) is 0 Å². The van der Waals surface area contributed by atoms with Crippen LogP contribution in [0.25, 0.3) is 0 Å². The van der Waals surface area contributed by atoms with Crippen LogP contribution < -0.4 is 5.32 Å². The van der Waals surface area contributed by atoms with Crippen LogP contribution in [0.15, 0.2) is 0 Å². The van der Waals surface area contributed by atoms with Gasteiger partial charge in [-0.25, -0.2) is 0 Å². The van der Waals surface area contributed by atoms with Crippen LogP contribution in [-0.2, 0) is 0 Å². The molecule has 4 heteroatoms. The molecule has 1 aliphatic rings. The third-order valence-electron chi connectivity index (χ3n) is 4.63. The quantitative estimate of drug-likeness (QED) is 0.691. The second-order valence-corrected chi connectivity index (χ2v) is 6.58. The van der Waals surface area contributed by atoms with Crippen molar-refractivity contribution in [2.75, 3.05) is 53.9 Å². The lowest BCUT2D eigenvalue weighted by Crippen LogP contribution is -2.44. The number of piperidine rings is 1. The summed E-state index contributed by atoms with van der Waals surface area (Å²) in [6.07, 6.45) is 4.84. The second kappa shape index (κ2) is 8.20. The first kappa shape index (κ1) is 16.9. The van der Waals surface area contributed by atoms with E-state index in [4.69, 9.17) is 0 Å². The zero-order chi connectivity index (χ0) is 14.3. The van der Waals surface area contributed by atoms with Gasteiger partial charge in [0.05, 0.1) is 6.61 Å². The highest BCUT2D eigenvalue weighted by Gasteiger charge is 2.21. The lowest BCUT2D eigenvalue weighted by molar-refractivity contribution is 0.155. The van der Waals surface area contributed by atoms with Crippen LogP contribution in [0, 0.1) is 5.92 Å². The van der Waals surface area contributed by atoms with Crippen LogP contribution in [0.4, 0.5) is 0 Å².